The third-order valence-corrected chi connectivity index (χ3v) is 3.90. The Morgan fingerprint density at radius 3 is 2.64 bits per heavy atom. The fourth-order valence-corrected chi connectivity index (χ4v) is 2.61. The van der Waals surface area contributed by atoms with Crippen LogP contribution >= 0.6 is 11.6 Å². The van der Waals surface area contributed by atoms with Gasteiger partial charge in [-0.2, -0.15) is 0 Å². The van der Waals surface area contributed by atoms with Gasteiger partial charge in [0, 0.05) is 11.6 Å². The summed E-state index contributed by atoms with van der Waals surface area (Å²) >= 11 is 5.89. The van der Waals surface area contributed by atoms with Crippen molar-refractivity contribution >= 4 is 22.6 Å². The Balaban J connectivity index is 1.83. The molecule has 0 saturated heterocycles. The number of imidazole rings is 1. The van der Waals surface area contributed by atoms with Gasteiger partial charge in [0.15, 0.2) is 0 Å². The molecular formula is C18H19ClN2O. The molecule has 0 amide bonds. The van der Waals surface area contributed by atoms with Gasteiger partial charge in [-0.3, -0.25) is 0 Å². The molecule has 0 bridgehead atoms. The zero-order valence-corrected chi connectivity index (χ0v) is 13.4. The lowest BCUT2D eigenvalue weighted by Crippen LogP contribution is -2.07. The van der Waals surface area contributed by atoms with Crippen LogP contribution in [-0.2, 0) is 13.2 Å². The van der Waals surface area contributed by atoms with Crippen LogP contribution in [0.15, 0.2) is 48.5 Å². The van der Waals surface area contributed by atoms with Crippen molar-refractivity contribution < 1.29 is 4.74 Å². The Kier molecular flexibility index (Phi) is 4.64. The van der Waals surface area contributed by atoms with Gasteiger partial charge in [0.1, 0.15) is 18.2 Å². The smallest absolute Gasteiger partial charge is 0.147 e. The second-order valence-electron chi connectivity index (χ2n) is 5.26. The zero-order chi connectivity index (χ0) is 15.4. The van der Waals surface area contributed by atoms with Crippen molar-refractivity contribution in [2.75, 3.05) is 0 Å². The first-order valence-electron chi connectivity index (χ1n) is 7.60. The summed E-state index contributed by atoms with van der Waals surface area (Å²) in [7, 11) is 0. The number of nitrogens with zero attached hydrogens (tertiary/aromatic N) is 2. The molecule has 0 spiro atoms. The summed E-state index contributed by atoms with van der Waals surface area (Å²) in [6.45, 7) is 3.62. The van der Waals surface area contributed by atoms with E-state index in [0.29, 0.717) is 11.6 Å². The molecule has 0 unspecified atom stereocenters. The van der Waals surface area contributed by atoms with Crippen LogP contribution in [0.1, 0.15) is 25.6 Å². The number of rotatable bonds is 6. The number of fused-ring (bicyclic) bond motifs is 1. The molecule has 3 aromatic rings. The first-order valence-corrected chi connectivity index (χ1v) is 7.98. The lowest BCUT2D eigenvalue weighted by Gasteiger charge is -2.10. The van der Waals surface area contributed by atoms with E-state index >= 15 is 0 Å². The molecule has 1 heterocycles. The second kappa shape index (κ2) is 6.84. The fraction of sp³-hybridized carbons (Fsp3) is 0.278. The van der Waals surface area contributed by atoms with Crippen molar-refractivity contribution in [1.82, 2.24) is 9.55 Å². The number of halogens is 1. The fourth-order valence-electron chi connectivity index (χ4n) is 2.48. The molecular weight excluding hydrogens is 296 g/mol. The molecule has 0 saturated carbocycles. The van der Waals surface area contributed by atoms with Gasteiger partial charge < -0.3 is 9.30 Å². The first-order chi connectivity index (χ1) is 10.8. The van der Waals surface area contributed by atoms with E-state index in [0.717, 1.165) is 36.5 Å². The number of benzene rings is 2. The van der Waals surface area contributed by atoms with Crippen LogP contribution in [0.4, 0.5) is 0 Å². The number of hydrogen-bond acceptors (Lipinski definition) is 2. The van der Waals surface area contributed by atoms with E-state index in [1.54, 1.807) is 0 Å². The normalized spacial score (nSPS) is 11.0. The molecule has 0 atom stereocenters. The zero-order valence-electron chi connectivity index (χ0n) is 12.6. The highest BCUT2D eigenvalue weighted by molar-refractivity contribution is 6.30. The van der Waals surface area contributed by atoms with Crippen molar-refractivity contribution in [3.05, 3.63) is 59.4 Å². The Labute approximate surface area is 135 Å². The van der Waals surface area contributed by atoms with E-state index in [2.05, 4.69) is 23.6 Å². The summed E-state index contributed by atoms with van der Waals surface area (Å²) in [5, 5.41) is 0.711. The largest absolute Gasteiger partial charge is 0.486 e. The van der Waals surface area contributed by atoms with E-state index < -0.39 is 0 Å². The molecule has 0 radical (unpaired) electrons. The van der Waals surface area contributed by atoms with Crippen LogP contribution in [0.25, 0.3) is 11.0 Å². The molecule has 114 valence electrons. The van der Waals surface area contributed by atoms with Gasteiger partial charge in [-0.25, -0.2) is 4.98 Å². The van der Waals surface area contributed by atoms with Gasteiger partial charge in [0.05, 0.1) is 11.0 Å². The van der Waals surface area contributed by atoms with Crippen molar-refractivity contribution in [2.24, 2.45) is 0 Å². The average Bonchev–Trinajstić information content (AvgIpc) is 2.90. The van der Waals surface area contributed by atoms with E-state index in [4.69, 9.17) is 21.3 Å². The average molecular weight is 315 g/mol. The predicted octanol–water partition coefficient (Wildman–Crippen LogP) is 5.07. The number of para-hydroxylation sites is 2. The van der Waals surface area contributed by atoms with E-state index in [-0.39, 0.29) is 0 Å². The second-order valence-corrected chi connectivity index (χ2v) is 5.70. The Morgan fingerprint density at radius 2 is 1.86 bits per heavy atom. The predicted molar refractivity (Wildman–Crippen MR) is 90.4 cm³/mol. The third-order valence-electron chi connectivity index (χ3n) is 3.65. The van der Waals surface area contributed by atoms with E-state index in [1.165, 1.54) is 5.52 Å². The van der Waals surface area contributed by atoms with Gasteiger partial charge in [-0.1, -0.05) is 37.1 Å². The van der Waals surface area contributed by atoms with Gasteiger partial charge >= 0.3 is 0 Å². The van der Waals surface area contributed by atoms with Crippen LogP contribution in [0.2, 0.25) is 5.02 Å². The highest BCUT2D eigenvalue weighted by Gasteiger charge is 2.10. The number of hydrogen-bond donors (Lipinski definition) is 0. The first kappa shape index (κ1) is 14.9. The molecule has 0 aliphatic carbocycles. The van der Waals surface area contributed by atoms with Crippen molar-refractivity contribution in [3.8, 4) is 5.75 Å². The number of aromatic nitrogens is 2. The summed E-state index contributed by atoms with van der Waals surface area (Å²) in [5.41, 5.74) is 2.19. The highest BCUT2D eigenvalue weighted by atomic mass is 35.5. The SMILES string of the molecule is CCCCn1c(COc2ccc(Cl)cc2)nc2ccccc21. The molecule has 0 aliphatic heterocycles. The summed E-state index contributed by atoms with van der Waals surface area (Å²) in [5.74, 6) is 1.77. The lowest BCUT2D eigenvalue weighted by atomic mass is 10.3. The van der Waals surface area contributed by atoms with Gasteiger partial charge in [-0.05, 0) is 42.8 Å². The van der Waals surface area contributed by atoms with Gasteiger partial charge in [0.2, 0.25) is 0 Å². The molecule has 3 nitrogen and oxygen atoms in total. The molecule has 1 aromatic heterocycles. The number of unbranched alkanes of at least 4 members (excludes halogenated alkanes) is 1. The van der Waals surface area contributed by atoms with Crippen molar-refractivity contribution in [1.29, 1.82) is 0 Å². The monoisotopic (exact) mass is 314 g/mol. The molecule has 2 aromatic carbocycles. The highest BCUT2D eigenvalue weighted by Crippen LogP contribution is 2.20. The topological polar surface area (TPSA) is 27.1 Å². The standard InChI is InChI=1S/C18H19ClN2O/c1-2-3-12-21-17-7-5-4-6-16(17)20-18(21)13-22-15-10-8-14(19)9-11-15/h4-11H,2-3,12-13H2,1H3. The van der Waals surface area contributed by atoms with Gasteiger partial charge in [-0.15, -0.1) is 0 Å². The van der Waals surface area contributed by atoms with Crippen molar-refractivity contribution in [2.45, 2.75) is 32.9 Å². The maximum Gasteiger partial charge on any atom is 0.147 e. The number of aryl methyl sites for hydroxylation is 1. The summed E-state index contributed by atoms with van der Waals surface area (Å²) in [6, 6.07) is 15.6. The molecule has 0 aliphatic rings. The van der Waals surface area contributed by atoms with Crippen LogP contribution < -0.4 is 4.74 Å². The minimum atomic E-state index is 0.458. The minimum Gasteiger partial charge on any atom is -0.486 e. The van der Waals surface area contributed by atoms with Gasteiger partial charge in [0.25, 0.3) is 0 Å². The van der Waals surface area contributed by atoms with E-state index in [1.807, 2.05) is 36.4 Å². The molecule has 4 heteroatoms. The molecule has 0 fully saturated rings. The Hall–Kier alpha value is -2.00. The summed E-state index contributed by atoms with van der Waals surface area (Å²) in [4.78, 5) is 4.71. The quantitative estimate of drug-likeness (QED) is 0.635. The molecule has 3 rings (SSSR count). The van der Waals surface area contributed by atoms with E-state index in [9.17, 15) is 0 Å². The minimum absolute atomic E-state index is 0.458. The van der Waals surface area contributed by atoms with Crippen LogP contribution in [-0.4, -0.2) is 9.55 Å². The maximum absolute atomic E-state index is 5.89. The van der Waals surface area contributed by atoms with Crippen LogP contribution in [0.5, 0.6) is 5.75 Å². The maximum atomic E-state index is 5.89. The van der Waals surface area contributed by atoms with Crippen molar-refractivity contribution in [3.63, 3.8) is 0 Å². The summed E-state index contributed by atoms with van der Waals surface area (Å²) < 4.78 is 8.11. The number of ether oxygens (including phenoxy) is 1. The Morgan fingerprint density at radius 1 is 1.09 bits per heavy atom. The van der Waals surface area contributed by atoms with Crippen LogP contribution in [0.3, 0.4) is 0 Å². The van der Waals surface area contributed by atoms with Crippen LogP contribution in [0, 0.1) is 0 Å². The third kappa shape index (κ3) is 3.25. The summed E-state index contributed by atoms with van der Waals surface area (Å²) in [6.07, 6.45) is 2.29. The molecule has 0 N–H and O–H groups in total. The Bertz CT molecular complexity index is 749. The molecule has 22 heavy (non-hydrogen) atoms. The lowest BCUT2D eigenvalue weighted by molar-refractivity contribution is 0.289.